The van der Waals surface area contributed by atoms with Gasteiger partial charge in [-0.3, -0.25) is 0 Å². The monoisotopic (exact) mass is 286 g/mol. The van der Waals surface area contributed by atoms with Gasteiger partial charge in [0.1, 0.15) is 0 Å². The second kappa shape index (κ2) is 5.54. The van der Waals surface area contributed by atoms with Gasteiger partial charge in [-0.2, -0.15) is 0 Å². The Kier molecular flexibility index (Phi) is 4.64. The number of rotatable bonds is 4. The van der Waals surface area contributed by atoms with Crippen molar-refractivity contribution in [3.05, 3.63) is 41.1 Å². The molecule has 0 fully saturated rings. The van der Waals surface area contributed by atoms with Crippen LogP contribution in [0.1, 0.15) is 6.92 Å². The summed E-state index contributed by atoms with van der Waals surface area (Å²) in [5.41, 5.74) is 0. The summed E-state index contributed by atoms with van der Waals surface area (Å²) in [6.45, 7) is 8.68. The van der Waals surface area contributed by atoms with Crippen LogP contribution in [0, 0.1) is 0 Å². The molecule has 1 rings (SSSR count). The summed E-state index contributed by atoms with van der Waals surface area (Å²) >= 11 is 0.394. The summed E-state index contributed by atoms with van der Waals surface area (Å²) in [7, 11) is -1.42. The summed E-state index contributed by atoms with van der Waals surface area (Å²) in [6, 6.07) is 10.5. The van der Waals surface area contributed by atoms with Crippen molar-refractivity contribution in [3.63, 3.8) is 0 Å². The van der Waals surface area contributed by atoms with E-state index in [1.165, 1.54) is 4.46 Å². The van der Waals surface area contributed by atoms with Crippen molar-refractivity contribution in [1.29, 1.82) is 0 Å². The molecule has 0 aliphatic rings. The van der Waals surface area contributed by atoms with E-state index in [-0.39, 0.29) is 0 Å². The number of allylic oxidation sites excluding steroid dienone is 1. The molecule has 82 valence electrons. The first-order chi connectivity index (χ1) is 6.97. The van der Waals surface area contributed by atoms with Crippen molar-refractivity contribution < 1.29 is 4.43 Å². The van der Waals surface area contributed by atoms with Crippen LogP contribution in [0.2, 0.25) is 19.6 Å². The Balaban J connectivity index is 2.51. The molecule has 1 aromatic rings. The molecule has 0 saturated heterocycles. The zero-order chi connectivity index (χ0) is 11.3. The first kappa shape index (κ1) is 12.6. The molecular weight excluding hydrogens is 267 g/mol. The summed E-state index contributed by atoms with van der Waals surface area (Å²) in [5.74, 6) is 1.08. The van der Waals surface area contributed by atoms with Crippen LogP contribution < -0.4 is 4.46 Å². The molecular formula is C12H18OSeSi. The van der Waals surface area contributed by atoms with Crippen LogP contribution in [-0.4, -0.2) is 23.3 Å². The molecule has 1 aromatic carbocycles. The van der Waals surface area contributed by atoms with Gasteiger partial charge < -0.3 is 0 Å². The molecule has 15 heavy (non-hydrogen) atoms. The molecule has 0 aromatic heterocycles. The van der Waals surface area contributed by atoms with Crippen molar-refractivity contribution in [3.8, 4) is 0 Å². The molecule has 0 heterocycles. The summed E-state index contributed by atoms with van der Waals surface area (Å²) in [5, 5.41) is 0. The molecule has 0 saturated carbocycles. The minimum atomic E-state index is -1.42. The van der Waals surface area contributed by atoms with Crippen LogP contribution in [0.5, 0.6) is 0 Å². The summed E-state index contributed by atoms with van der Waals surface area (Å²) in [6.07, 6.45) is 0. The second-order valence-corrected chi connectivity index (χ2v) is 10.8. The van der Waals surface area contributed by atoms with Gasteiger partial charge in [-0.05, 0) is 0 Å². The van der Waals surface area contributed by atoms with Gasteiger partial charge in [0.15, 0.2) is 0 Å². The standard InChI is InChI=1S/C12H18OSeSi/c1-11(13-15(2,3)4)10-14-12-8-6-5-7-9-12/h5-10H,1-4H3/b11-10+. The Morgan fingerprint density at radius 3 is 2.33 bits per heavy atom. The molecule has 0 N–H and O–H groups in total. The topological polar surface area (TPSA) is 9.23 Å². The Bertz CT molecular complexity index is 327. The molecule has 3 heteroatoms. The zero-order valence-electron chi connectivity index (χ0n) is 9.78. The van der Waals surface area contributed by atoms with Crippen molar-refractivity contribution in [1.82, 2.24) is 0 Å². The summed E-state index contributed by atoms with van der Waals surface area (Å²) in [4.78, 5) is 2.22. The number of benzene rings is 1. The molecule has 0 aliphatic carbocycles. The molecule has 0 bridgehead atoms. The van der Waals surface area contributed by atoms with Gasteiger partial charge >= 0.3 is 99.8 Å². The average molecular weight is 285 g/mol. The van der Waals surface area contributed by atoms with Crippen LogP contribution in [0.4, 0.5) is 0 Å². The Morgan fingerprint density at radius 2 is 1.80 bits per heavy atom. The summed E-state index contributed by atoms with van der Waals surface area (Å²) < 4.78 is 7.27. The van der Waals surface area contributed by atoms with Crippen molar-refractivity contribution in [2.45, 2.75) is 26.6 Å². The van der Waals surface area contributed by atoms with Gasteiger partial charge in [-0.1, -0.05) is 0 Å². The van der Waals surface area contributed by atoms with E-state index in [1.54, 1.807) is 0 Å². The maximum absolute atomic E-state index is 5.88. The van der Waals surface area contributed by atoms with E-state index in [0.29, 0.717) is 15.0 Å². The SMILES string of the molecule is C/C(=C\[Se]c1ccccc1)O[Si](C)(C)C. The van der Waals surface area contributed by atoms with E-state index < -0.39 is 8.32 Å². The van der Waals surface area contributed by atoms with E-state index in [2.05, 4.69) is 61.9 Å². The van der Waals surface area contributed by atoms with Gasteiger partial charge in [0, 0.05) is 0 Å². The van der Waals surface area contributed by atoms with Gasteiger partial charge in [0.05, 0.1) is 0 Å². The van der Waals surface area contributed by atoms with Crippen LogP contribution in [0.15, 0.2) is 41.1 Å². The van der Waals surface area contributed by atoms with Crippen molar-refractivity contribution in [2.24, 2.45) is 0 Å². The van der Waals surface area contributed by atoms with Crippen LogP contribution in [-0.2, 0) is 4.43 Å². The fraction of sp³-hybridized carbons (Fsp3) is 0.333. The minimum absolute atomic E-state index is 0.394. The molecule has 0 radical (unpaired) electrons. The van der Waals surface area contributed by atoms with Gasteiger partial charge in [0.2, 0.25) is 0 Å². The Morgan fingerprint density at radius 1 is 1.20 bits per heavy atom. The average Bonchev–Trinajstić information content (AvgIpc) is 2.14. The number of hydrogen-bond donors (Lipinski definition) is 0. The van der Waals surface area contributed by atoms with Gasteiger partial charge in [0.25, 0.3) is 0 Å². The molecule has 0 amide bonds. The molecule has 0 unspecified atom stereocenters. The van der Waals surface area contributed by atoms with E-state index in [9.17, 15) is 0 Å². The van der Waals surface area contributed by atoms with Crippen molar-refractivity contribution in [2.75, 3.05) is 0 Å². The molecule has 0 spiro atoms. The van der Waals surface area contributed by atoms with E-state index in [0.717, 1.165) is 5.76 Å². The second-order valence-electron chi connectivity index (χ2n) is 4.37. The van der Waals surface area contributed by atoms with E-state index in [4.69, 9.17) is 4.43 Å². The normalized spacial score (nSPS) is 12.7. The first-order valence-electron chi connectivity index (χ1n) is 5.05. The van der Waals surface area contributed by atoms with Crippen LogP contribution in [0.3, 0.4) is 0 Å². The van der Waals surface area contributed by atoms with Gasteiger partial charge in [-0.15, -0.1) is 0 Å². The molecule has 1 nitrogen and oxygen atoms in total. The third kappa shape index (κ3) is 5.83. The Hall–Kier alpha value is -0.504. The van der Waals surface area contributed by atoms with Gasteiger partial charge in [-0.25, -0.2) is 0 Å². The quantitative estimate of drug-likeness (QED) is 0.610. The third-order valence-corrected chi connectivity index (χ3v) is 4.59. The molecule has 0 atom stereocenters. The van der Waals surface area contributed by atoms with Crippen molar-refractivity contribution >= 4 is 27.7 Å². The van der Waals surface area contributed by atoms with Crippen LogP contribution in [0.25, 0.3) is 0 Å². The first-order valence-corrected chi connectivity index (χ1v) is 10.3. The predicted molar refractivity (Wildman–Crippen MR) is 70.0 cm³/mol. The fourth-order valence-corrected chi connectivity index (χ4v) is 3.77. The van der Waals surface area contributed by atoms with Crippen LogP contribution >= 0.6 is 0 Å². The van der Waals surface area contributed by atoms with E-state index >= 15 is 0 Å². The zero-order valence-corrected chi connectivity index (χ0v) is 12.5. The number of hydrogen-bond acceptors (Lipinski definition) is 1. The third-order valence-electron chi connectivity index (χ3n) is 1.57. The van der Waals surface area contributed by atoms with E-state index in [1.807, 2.05) is 0 Å². The molecule has 0 aliphatic heterocycles. The fourth-order valence-electron chi connectivity index (χ4n) is 1.16. The Labute approximate surface area is 99.8 Å². The predicted octanol–water partition coefficient (Wildman–Crippen LogP) is 2.73. The maximum atomic E-state index is 5.88.